The maximum absolute atomic E-state index is 11.0. The van der Waals surface area contributed by atoms with Crippen molar-refractivity contribution >= 4 is 21.8 Å². The van der Waals surface area contributed by atoms with Crippen molar-refractivity contribution in [2.24, 2.45) is 0 Å². The van der Waals surface area contributed by atoms with Crippen LogP contribution >= 0.6 is 15.9 Å². The first-order valence-electron chi connectivity index (χ1n) is 4.77. The first kappa shape index (κ1) is 10.6. The molecule has 0 aliphatic carbocycles. The van der Waals surface area contributed by atoms with Gasteiger partial charge in [0.2, 0.25) is 5.91 Å². The van der Waals surface area contributed by atoms with Gasteiger partial charge in [-0.15, -0.1) is 0 Å². The maximum atomic E-state index is 11.0. The van der Waals surface area contributed by atoms with Crippen molar-refractivity contribution in [3.05, 3.63) is 34.3 Å². The van der Waals surface area contributed by atoms with Gasteiger partial charge in [-0.3, -0.25) is 4.79 Å². The number of carbonyl (C=O) groups is 1. The van der Waals surface area contributed by atoms with Crippen LogP contribution in [0.25, 0.3) is 0 Å². The van der Waals surface area contributed by atoms with E-state index in [0.717, 1.165) is 10.0 Å². The minimum Gasteiger partial charge on any atom is -0.359 e. The third-order valence-electron chi connectivity index (χ3n) is 2.58. The Hall–Kier alpha value is -0.870. The number of benzene rings is 1. The monoisotopic (exact) mass is 269 g/mol. The quantitative estimate of drug-likeness (QED) is 0.845. The van der Waals surface area contributed by atoms with Gasteiger partial charge in [0, 0.05) is 4.47 Å². The van der Waals surface area contributed by atoms with E-state index in [1.54, 1.807) is 0 Å². The Morgan fingerprint density at radius 3 is 2.93 bits per heavy atom. The topological polar surface area (TPSA) is 38.3 Å². The van der Waals surface area contributed by atoms with Crippen molar-refractivity contribution in [1.29, 1.82) is 0 Å². The Morgan fingerprint density at radius 1 is 1.53 bits per heavy atom. The number of halogens is 1. The second-order valence-corrected chi connectivity index (χ2v) is 4.72. The summed E-state index contributed by atoms with van der Waals surface area (Å²) in [6.45, 7) is 2.62. The van der Waals surface area contributed by atoms with E-state index in [1.807, 2.05) is 31.2 Å². The van der Waals surface area contributed by atoms with Crippen LogP contribution in [-0.2, 0) is 15.1 Å². The largest absolute Gasteiger partial charge is 0.359 e. The van der Waals surface area contributed by atoms with Crippen molar-refractivity contribution in [2.75, 3.05) is 13.2 Å². The Labute approximate surface area is 96.9 Å². The van der Waals surface area contributed by atoms with Gasteiger partial charge in [-0.2, -0.15) is 0 Å². The summed E-state index contributed by atoms with van der Waals surface area (Å²) in [7, 11) is 0. The van der Waals surface area contributed by atoms with Crippen LogP contribution < -0.4 is 5.32 Å². The number of morpholine rings is 1. The molecule has 0 radical (unpaired) electrons. The summed E-state index contributed by atoms with van der Waals surface area (Å²) in [5.41, 5.74) is 0.648. The van der Waals surface area contributed by atoms with Crippen molar-refractivity contribution in [3.63, 3.8) is 0 Å². The van der Waals surface area contributed by atoms with Gasteiger partial charge in [0.05, 0.1) is 6.54 Å². The highest BCUT2D eigenvalue weighted by atomic mass is 79.9. The fraction of sp³-hybridized carbons (Fsp3) is 0.364. The van der Waals surface area contributed by atoms with E-state index in [-0.39, 0.29) is 12.5 Å². The molecule has 0 saturated carbocycles. The average Bonchev–Trinajstić information content (AvgIpc) is 2.23. The highest BCUT2D eigenvalue weighted by molar-refractivity contribution is 9.10. The number of hydrogen-bond acceptors (Lipinski definition) is 2. The molecule has 1 saturated heterocycles. The highest BCUT2D eigenvalue weighted by Gasteiger charge is 2.32. The molecule has 80 valence electrons. The summed E-state index contributed by atoms with van der Waals surface area (Å²) in [5.74, 6) is -0.0533. The molecule has 1 heterocycles. The Balaban J connectivity index is 2.25. The molecule has 1 aliphatic rings. The lowest BCUT2D eigenvalue weighted by atomic mass is 9.95. The van der Waals surface area contributed by atoms with E-state index >= 15 is 0 Å². The van der Waals surface area contributed by atoms with Crippen molar-refractivity contribution in [1.82, 2.24) is 5.32 Å². The van der Waals surface area contributed by atoms with Crippen molar-refractivity contribution in [3.8, 4) is 0 Å². The molecule has 1 fully saturated rings. The van der Waals surface area contributed by atoms with E-state index in [1.165, 1.54) is 0 Å². The van der Waals surface area contributed by atoms with Gasteiger partial charge in [-0.05, 0) is 24.6 Å². The molecule has 1 unspecified atom stereocenters. The molecule has 0 spiro atoms. The Bertz CT molecular complexity index is 382. The SMILES string of the molecule is CC1(c2cccc(Br)c2)CNC(=O)CO1. The molecular formula is C11H12BrNO2. The number of carbonyl (C=O) groups excluding carboxylic acids is 1. The second kappa shape index (κ2) is 3.94. The normalized spacial score (nSPS) is 26.1. The smallest absolute Gasteiger partial charge is 0.246 e. The Kier molecular flexibility index (Phi) is 2.80. The third-order valence-corrected chi connectivity index (χ3v) is 3.07. The minimum absolute atomic E-state index is 0.0533. The summed E-state index contributed by atoms with van der Waals surface area (Å²) in [5, 5.41) is 2.81. The van der Waals surface area contributed by atoms with E-state index in [9.17, 15) is 4.79 Å². The fourth-order valence-electron chi connectivity index (χ4n) is 1.60. The van der Waals surface area contributed by atoms with E-state index in [2.05, 4.69) is 21.2 Å². The predicted molar refractivity (Wildman–Crippen MR) is 60.5 cm³/mol. The molecule has 1 N–H and O–H groups in total. The van der Waals surface area contributed by atoms with E-state index in [0.29, 0.717) is 6.54 Å². The summed E-state index contributed by atoms with van der Waals surface area (Å²) in [6.07, 6.45) is 0. The van der Waals surface area contributed by atoms with Crippen LogP contribution in [0.4, 0.5) is 0 Å². The van der Waals surface area contributed by atoms with Crippen LogP contribution in [0.5, 0.6) is 0 Å². The lowest BCUT2D eigenvalue weighted by molar-refractivity contribution is -0.142. The van der Waals surface area contributed by atoms with E-state index in [4.69, 9.17) is 4.74 Å². The van der Waals surface area contributed by atoms with E-state index < -0.39 is 5.60 Å². The molecule has 1 atom stereocenters. The van der Waals surface area contributed by atoms with Crippen LogP contribution in [-0.4, -0.2) is 19.1 Å². The number of nitrogens with one attached hydrogen (secondary N) is 1. The zero-order chi connectivity index (χ0) is 10.9. The van der Waals surface area contributed by atoms with Crippen molar-refractivity contribution < 1.29 is 9.53 Å². The van der Waals surface area contributed by atoms with Crippen LogP contribution in [0.15, 0.2) is 28.7 Å². The third kappa shape index (κ3) is 2.21. The first-order chi connectivity index (χ1) is 7.10. The van der Waals surface area contributed by atoms with Gasteiger partial charge >= 0.3 is 0 Å². The molecule has 0 aromatic heterocycles. The predicted octanol–water partition coefficient (Wildman–Crippen LogP) is 1.81. The molecule has 15 heavy (non-hydrogen) atoms. The second-order valence-electron chi connectivity index (χ2n) is 3.81. The number of rotatable bonds is 1. The fourth-order valence-corrected chi connectivity index (χ4v) is 2.00. The lowest BCUT2D eigenvalue weighted by Crippen LogP contribution is -2.48. The van der Waals surface area contributed by atoms with Gasteiger partial charge in [-0.1, -0.05) is 28.1 Å². The maximum Gasteiger partial charge on any atom is 0.246 e. The molecule has 0 bridgehead atoms. The summed E-state index contributed by atoms with van der Waals surface area (Å²) in [4.78, 5) is 11.0. The standard InChI is InChI=1S/C11H12BrNO2/c1-11(7-13-10(14)6-15-11)8-3-2-4-9(12)5-8/h2-5H,6-7H2,1H3,(H,13,14). The summed E-state index contributed by atoms with van der Waals surface area (Å²) >= 11 is 3.42. The molecule has 2 rings (SSSR count). The van der Waals surface area contributed by atoms with Gasteiger partial charge in [0.1, 0.15) is 12.2 Å². The van der Waals surface area contributed by atoms with Gasteiger partial charge in [0.25, 0.3) is 0 Å². The van der Waals surface area contributed by atoms with Crippen LogP contribution in [0.2, 0.25) is 0 Å². The molecule has 1 aromatic rings. The Morgan fingerprint density at radius 2 is 2.33 bits per heavy atom. The first-order valence-corrected chi connectivity index (χ1v) is 5.56. The molecule has 1 aromatic carbocycles. The zero-order valence-electron chi connectivity index (χ0n) is 8.42. The van der Waals surface area contributed by atoms with Gasteiger partial charge < -0.3 is 10.1 Å². The number of hydrogen-bond donors (Lipinski definition) is 1. The molecule has 1 aliphatic heterocycles. The van der Waals surface area contributed by atoms with Crippen LogP contribution in [0.3, 0.4) is 0 Å². The molecule has 3 nitrogen and oxygen atoms in total. The van der Waals surface area contributed by atoms with Gasteiger partial charge in [0.15, 0.2) is 0 Å². The van der Waals surface area contributed by atoms with Crippen LogP contribution in [0, 0.1) is 0 Å². The number of amides is 1. The zero-order valence-corrected chi connectivity index (χ0v) is 10.0. The molecule has 4 heteroatoms. The minimum atomic E-state index is -0.419. The summed E-state index contributed by atoms with van der Waals surface area (Å²) in [6, 6.07) is 7.94. The average molecular weight is 270 g/mol. The molecule has 1 amide bonds. The van der Waals surface area contributed by atoms with Crippen LogP contribution in [0.1, 0.15) is 12.5 Å². The van der Waals surface area contributed by atoms with Crippen molar-refractivity contribution in [2.45, 2.75) is 12.5 Å². The lowest BCUT2D eigenvalue weighted by Gasteiger charge is -2.34. The summed E-state index contributed by atoms with van der Waals surface area (Å²) < 4.78 is 6.60. The van der Waals surface area contributed by atoms with Gasteiger partial charge in [-0.25, -0.2) is 0 Å². The molecular weight excluding hydrogens is 258 g/mol. The number of ether oxygens (including phenoxy) is 1. The highest BCUT2D eigenvalue weighted by Crippen LogP contribution is 2.28.